The van der Waals surface area contributed by atoms with Crippen molar-refractivity contribution >= 4 is 48.9 Å². The highest BCUT2D eigenvalue weighted by Crippen LogP contribution is 2.80. The fourth-order valence-electron chi connectivity index (χ4n) is 21.6. The highest BCUT2D eigenvalue weighted by Gasteiger charge is 2.68. The van der Waals surface area contributed by atoms with Crippen molar-refractivity contribution in [3.63, 3.8) is 0 Å². The van der Waals surface area contributed by atoms with Crippen LogP contribution in [0.4, 0.5) is 0 Å². The molecule has 3 nitrogen and oxygen atoms in total. The number of pyridine rings is 2. The Morgan fingerprint density at radius 3 is 1.61 bits per heavy atom. The van der Waals surface area contributed by atoms with Gasteiger partial charge in [0.1, 0.15) is 0 Å². The summed E-state index contributed by atoms with van der Waals surface area (Å²) >= 11 is 0. The van der Waals surface area contributed by atoms with E-state index in [4.69, 9.17) is 9.97 Å². The Labute approximate surface area is 388 Å². The molecule has 11 saturated carbocycles. The zero-order chi connectivity index (χ0) is 43.3. The molecule has 8 aromatic rings. The topological polar surface area (TPSA) is 30.2 Å². The Hall–Kier alpha value is -4.76. The minimum Gasteiger partial charge on any atom is -0.305 e. The third-order valence-electron chi connectivity index (χ3n) is 23.1. The van der Waals surface area contributed by atoms with Gasteiger partial charge in [-0.25, -0.2) is 0 Å². The first-order valence-electron chi connectivity index (χ1n) is 26.7. The standard InChI is InChI=1S/C63H61N3/c1-31-32(2)34(4)48(35(5)33(31)3)42-16-45-51(41-12-8-7-11-40(41)42)43-15-44-52-46(25-64-56-38-21-59-17-36(49(52)56)18-60(22-38,27-59)28-59)66-47-26-65-57-39-23-61-19-37(20-62(24-39,29-61)30-61)50(57)53(47)54(58(44)66)55(43)63(45)13-9-6-10-14-63/h7-8,11-12,15-16,25-26,36-39H,6,9-10,13-14,17-24,27-30H2,1-5H3. The normalized spacial score (nSPS) is 34.1. The van der Waals surface area contributed by atoms with Crippen LogP contribution in [-0.4, -0.2) is 14.4 Å². The molecule has 0 atom stereocenters. The molecule has 0 aliphatic heterocycles. The van der Waals surface area contributed by atoms with Gasteiger partial charge in [0.15, 0.2) is 0 Å². The maximum absolute atomic E-state index is 5.76. The second-order valence-corrected chi connectivity index (χ2v) is 26.2. The predicted octanol–water partition coefficient (Wildman–Crippen LogP) is 16.3. The molecule has 4 heterocycles. The van der Waals surface area contributed by atoms with Crippen LogP contribution in [0.25, 0.3) is 71.1 Å². The van der Waals surface area contributed by atoms with Gasteiger partial charge in [-0.3, -0.25) is 9.97 Å². The van der Waals surface area contributed by atoms with E-state index in [2.05, 4.69) is 87.8 Å². The summed E-state index contributed by atoms with van der Waals surface area (Å²) in [6.07, 6.45) is 28.2. The summed E-state index contributed by atoms with van der Waals surface area (Å²) in [6.45, 7) is 11.9. The molecule has 16 aliphatic rings. The van der Waals surface area contributed by atoms with Crippen LogP contribution in [0.3, 0.4) is 0 Å². The molecule has 3 heteroatoms. The first kappa shape index (κ1) is 36.3. The van der Waals surface area contributed by atoms with Crippen molar-refractivity contribution in [2.75, 3.05) is 0 Å². The van der Waals surface area contributed by atoms with Crippen LogP contribution in [0.5, 0.6) is 0 Å². The largest absolute Gasteiger partial charge is 0.305 e. The van der Waals surface area contributed by atoms with Crippen LogP contribution < -0.4 is 0 Å². The molecule has 0 N–H and O–H groups in total. The van der Waals surface area contributed by atoms with Gasteiger partial charge >= 0.3 is 0 Å². The molecule has 5 spiro atoms. The molecule has 66 heavy (non-hydrogen) atoms. The van der Waals surface area contributed by atoms with Crippen LogP contribution in [0.1, 0.15) is 194 Å². The second kappa shape index (κ2) is 10.9. The van der Waals surface area contributed by atoms with Crippen LogP contribution in [0.2, 0.25) is 0 Å². The van der Waals surface area contributed by atoms with E-state index in [1.165, 1.54) is 192 Å². The zero-order valence-electron chi connectivity index (χ0n) is 39.8. The number of fused-ring (bicyclic) bond motifs is 14. The molecule has 11 fully saturated rings. The lowest BCUT2D eigenvalue weighted by Gasteiger charge is -2.67. The van der Waals surface area contributed by atoms with Gasteiger partial charge in [-0.05, 0) is 253 Å². The Kier molecular flexibility index (Phi) is 6.00. The number of hydrogen-bond acceptors (Lipinski definition) is 2. The molecule has 0 radical (unpaired) electrons. The fraction of sp³-hybridized carbons (Fsp3) is 0.492. The number of nitrogens with zero attached hydrogens (tertiary/aromatic N) is 3. The lowest BCUT2D eigenvalue weighted by Crippen LogP contribution is -2.56. The highest BCUT2D eigenvalue weighted by atomic mass is 15.0. The van der Waals surface area contributed by atoms with E-state index < -0.39 is 0 Å². The Morgan fingerprint density at radius 2 is 1.02 bits per heavy atom. The molecule has 16 aliphatic carbocycles. The van der Waals surface area contributed by atoms with Crippen molar-refractivity contribution in [3.05, 3.63) is 110 Å². The highest BCUT2D eigenvalue weighted by molar-refractivity contribution is 6.29. The predicted molar refractivity (Wildman–Crippen MR) is 269 cm³/mol. The van der Waals surface area contributed by atoms with E-state index in [1.807, 2.05) is 0 Å². The minimum atomic E-state index is -0.0328. The van der Waals surface area contributed by atoms with E-state index in [9.17, 15) is 0 Å². The summed E-state index contributed by atoms with van der Waals surface area (Å²) in [7, 11) is 0. The second-order valence-electron chi connectivity index (χ2n) is 26.2. The maximum Gasteiger partial charge on any atom is 0.0728 e. The van der Waals surface area contributed by atoms with Crippen molar-refractivity contribution in [2.45, 2.75) is 173 Å². The van der Waals surface area contributed by atoms with Gasteiger partial charge in [0.05, 0.1) is 28.9 Å². The molecule has 4 aromatic heterocycles. The monoisotopic (exact) mass is 859 g/mol. The van der Waals surface area contributed by atoms with E-state index in [1.54, 1.807) is 49.5 Å². The smallest absolute Gasteiger partial charge is 0.0728 e. The third-order valence-corrected chi connectivity index (χ3v) is 23.1. The van der Waals surface area contributed by atoms with Gasteiger partial charge < -0.3 is 4.40 Å². The molecular weight excluding hydrogens is 799 g/mol. The van der Waals surface area contributed by atoms with Gasteiger partial charge in [-0.15, -0.1) is 0 Å². The lowest BCUT2D eigenvalue weighted by atomic mass is 9.37. The average molecular weight is 860 g/mol. The van der Waals surface area contributed by atoms with Crippen LogP contribution in [0.15, 0.2) is 48.8 Å². The molecule has 4 aromatic carbocycles. The summed E-state index contributed by atoms with van der Waals surface area (Å²) in [6, 6.07) is 15.3. The Morgan fingerprint density at radius 1 is 0.500 bits per heavy atom. The van der Waals surface area contributed by atoms with Crippen molar-refractivity contribution in [2.24, 2.45) is 21.7 Å². The van der Waals surface area contributed by atoms with Gasteiger partial charge in [0.25, 0.3) is 0 Å². The first-order valence-corrected chi connectivity index (χ1v) is 26.7. The summed E-state index contributed by atoms with van der Waals surface area (Å²) in [5, 5.41) is 9.27. The SMILES string of the molecule is Cc1c(C)c(C)c(-c2cc3c(c4ccccc24)-c2cc4c5c6c(ncc5n5c7cnc8c(c7c(c2C32CCCCC2)c45)C2CC34CC8CC(C2)(C3)C4)C2CC34CC6CC(C2)(C3)C4)c(C)c1C. The zero-order valence-corrected chi connectivity index (χ0v) is 39.8. The molecule has 328 valence electrons. The van der Waals surface area contributed by atoms with Crippen molar-refractivity contribution < 1.29 is 0 Å². The van der Waals surface area contributed by atoms with Crippen LogP contribution >= 0.6 is 0 Å². The van der Waals surface area contributed by atoms with Crippen molar-refractivity contribution in [3.8, 4) is 22.3 Å². The summed E-state index contributed by atoms with van der Waals surface area (Å²) in [5.41, 5.74) is 29.6. The van der Waals surface area contributed by atoms with Crippen LogP contribution in [-0.2, 0) is 5.41 Å². The molecular formula is C63H61N3. The lowest BCUT2D eigenvalue weighted by molar-refractivity contribution is -0.150. The van der Waals surface area contributed by atoms with Gasteiger partial charge in [0.2, 0.25) is 0 Å². The number of hydrogen-bond donors (Lipinski definition) is 0. The Bertz CT molecular complexity index is 3620. The molecule has 24 rings (SSSR count). The Balaban J connectivity index is 1.03. The molecule has 8 bridgehead atoms. The van der Waals surface area contributed by atoms with E-state index >= 15 is 0 Å². The quantitative estimate of drug-likeness (QED) is 0.165. The van der Waals surface area contributed by atoms with E-state index in [0.29, 0.717) is 45.3 Å². The minimum absolute atomic E-state index is 0.0328. The molecule has 0 amide bonds. The van der Waals surface area contributed by atoms with Gasteiger partial charge in [-0.1, -0.05) is 43.5 Å². The van der Waals surface area contributed by atoms with Gasteiger partial charge in [-0.2, -0.15) is 0 Å². The van der Waals surface area contributed by atoms with Crippen molar-refractivity contribution in [1.82, 2.24) is 14.4 Å². The van der Waals surface area contributed by atoms with E-state index in [-0.39, 0.29) is 5.41 Å². The number of benzene rings is 4. The molecule has 0 unspecified atom stereocenters. The maximum atomic E-state index is 5.76. The average Bonchev–Trinajstić information content (AvgIpc) is 3.84. The van der Waals surface area contributed by atoms with Crippen LogP contribution in [0, 0.1) is 56.3 Å². The fourth-order valence-corrected chi connectivity index (χ4v) is 21.6. The molecule has 0 saturated heterocycles. The van der Waals surface area contributed by atoms with E-state index in [0.717, 1.165) is 0 Å². The number of rotatable bonds is 1. The summed E-state index contributed by atoms with van der Waals surface area (Å²) in [4.78, 5) is 11.5. The first-order chi connectivity index (χ1) is 32.0. The van der Waals surface area contributed by atoms with Crippen molar-refractivity contribution in [1.29, 1.82) is 0 Å². The summed E-state index contributed by atoms with van der Waals surface area (Å²) < 4.78 is 2.80. The summed E-state index contributed by atoms with van der Waals surface area (Å²) in [5.74, 6) is 2.51. The van der Waals surface area contributed by atoms with Gasteiger partial charge in [0, 0.05) is 50.2 Å². The third kappa shape index (κ3) is 3.79. The number of aromatic nitrogens is 3.